The van der Waals surface area contributed by atoms with Crippen LogP contribution in [0.5, 0.6) is 0 Å². The molecule has 0 bridgehead atoms. The molecule has 1 saturated heterocycles. The molecule has 20 heavy (non-hydrogen) atoms. The molecular weight excluding hydrogens is 256 g/mol. The summed E-state index contributed by atoms with van der Waals surface area (Å²) < 4.78 is 5.68. The molecule has 1 aliphatic heterocycles. The molecule has 116 valence electrons. The van der Waals surface area contributed by atoms with Crippen LogP contribution in [0, 0.1) is 0 Å². The van der Waals surface area contributed by atoms with E-state index in [9.17, 15) is 9.59 Å². The first-order valence-corrected chi connectivity index (χ1v) is 7.55. The molecule has 0 aromatic rings. The maximum Gasteiger partial charge on any atom is 0.245 e. The van der Waals surface area contributed by atoms with Crippen molar-refractivity contribution in [3.8, 4) is 0 Å². The van der Waals surface area contributed by atoms with Crippen LogP contribution in [0.25, 0.3) is 0 Å². The van der Waals surface area contributed by atoms with Crippen molar-refractivity contribution in [3.63, 3.8) is 0 Å². The van der Waals surface area contributed by atoms with E-state index in [2.05, 4.69) is 5.32 Å². The number of hydrogen-bond acceptors (Lipinski definition) is 3. The number of nitrogens with zero attached hydrogens (tertiary/aromatic N) is 1. The zero-order valence-electron chi connectivity index (χ0n) is 13.4. The number of amides is 2. The van der Waals surface area contributed by atoms with Crippen molar-refractivity contribution < 1.29 is 14.3 Å². The number of piperazine rings is 1. The molecule has 0 aromatic carbocycles. The van der Waals surface area contributed by atoms with Gasteiger partial charge in [-0.05, 0) is 33.6 Å². The second kappa shape index (κ2) is 7.07. The lowest BCUT2D eigenvalue weighted by Gasteiger charge is -2.39. The summed E-state index contributed by atoms with van der Waals surface area (Å²) in [6.07, 6.45) is 2.20. The van der Waals surface area contributed by atoms with Crippen molar-refractivity contribution in [1.82, 2.24) is 10.2 Å². The highest BCUT2D eigenvalue weighted by Gasteiger charge is 2.38. The molecule has 0 saturated carbocycles. The van der Waals surface area contributed by atoms with Gasteiger partial charge in [0.25, 0.3) is 0 Å². The van der Waals surface area contributed by atoms with Gasteiger partial charge < -0.3 is 15.0 Å². The predicted molar refractivity (Wildman–Crippen MR) is 78.3 cm³/mol. The van der Waals surface area contributed by atoms with Crippen molar-refractivity contribution in [2.75, 3.05) is 13.2 Å². The Kier molecular flexibility index (Phi) is 5.99. The van der Waals surface area contributed by atoms with Gasteiger partial charge in [-0.3, -0.25) is 9.59 Å². The Morgan fingerprint density at radius 3 is 2.40 bits per heavy atom. The third-order valence-electron chi connectivity index (χ3n) is 3.41. The fourth-order valence-electron chi connectivity index (χ4n) is 2.43. The van der Waals surface area contributed by atoms with Crippen LogP contribution < -0.4 is 5.32 Å². The number of nitrogens with one attached hydrogen (secondary N) is 1. The van der Waals surface area contributed by atoms with Gasteiger partial charge in [-0.2, -0.15) is 0 Å². The average molecular weight is 284 g/mol. The Morgan fingerprint density at radius 1 is 1.25 bits per heavy atom. The lowest BCUT2D eigenvalue weighted by atomic mass is 10.0. The molecule has 1 rings (SSSR count). The Hall–Kier alpha value is -1.10. The van der Waals surface area contributed by atoms with Gasteiger partial charge in [-0.15, -0.1) is 0 Å². The Morgan fingerprint density at radius 2 is 1.90 bits per heavy atom. The van der Waals surface area contributed by atoms with Gasteiger partial charge >= 0.3 is 0 Å². The minimum Gasteiger partial charge on any atom is -0.374 e. The van der Waals surface area contributed by atoms with E-state index in [-0.39, 0.29) is 29.5 Å². The standard InChI is InChI=1S/C15H28N2O3/c1-6-8-11-14(19)17(9-10-20-15(3,4)5)12(7-2)13(18)16-11/h11-12H,6-10H2,1-5H3,(H,16,18). The highest BCUT2D eigenvalue weighted by molar-refractivity contribution is 5.96. The van der Waals surface area contributed by atoms with Gasteiger partial charge in [-0.1, -0.05) is 20.3 Å². The number of carbonyl (C=O) groups excluding carboxylic acids is 2. The molecule has 5 nitrogen and oxygen atoms in total. The smallest absolute Gasteiger partial charge is 0.245 e. The van der Waals surface area contributed by atoms with Crippen molar-refractivity contribution in [2.45, 2.75) is 71.6 Å². The average Bonchev–Trinajstić information content (AvgIpc) is 2.34. The molecule has 1 aliphatic rings. The number of carbonyl (C=O) groups is 2. The zero-order valence-corrected chi connectivity index (χ0v) is 13.4. The molecule has 0 spiro atoms. The summed E-state index contributed by atoms with van der Waals surface area (Å²) >= 11 is 0. The van der Waals surface area contributed by atoms with Crippen molar-refractivity contribution >= 4 is 11.8 Å². The van der Waals surface area contributed by atoms with Crippen LogP contribution in [0.1, 0.15) is 53.9 Å². The molecule has 5 heteroatoms. The summed E-state index contributed by atoms with van der Waals surface area (Å²) in [5, 5.41) is 2.83. The molecule has 0 radical (unpaired) electrons. The van der Waals surface area contributed by atoms with E-state index in [1.807, 2.05) is 34.6 Å². The van der Waals surface area contributed by atoms with Gasteiger partial charge in [0.05, 0.1) is 12.2 Å². The van der Waals surface area contributed by atoms with Crippen LogP contribution in [0.4, 0.5) is 0 Å². The largest absolute Gasteiger partial charge is 0.374 e. The Balaban J connectivity index is 2.70. The summed E-state index contributed by atoms with van der Waals surface area (Å²) in [5.74, 6) is -0.0166. The lowest BCUT2D eigenvalue weighted by Crippen LogP contribution is -2.63. The number of ether oxygens (including phenoxy) is 1. The predicted octanol–water partition coefficient (Wildman–Crippen LogP) is 1.71. The highest BCUT2D eigenvalue weighted by Crippen LogP contribution is 2.16. The van der Waals surface area contributed by atoms with E-state index >= 15 is 0 Å². The van der Waals surface area contributed by atoms with Crippen LogP contribution in [0.2, 0.25) is 0 Å². The second-order valence-electron chi connectivity index (χ2n) is 6.27. The second-order valence-corrected chi connectivity index (χ2v) is 6.27. The van der Waals surface area contributed by atoms with Crippen molar-refractivity contribution in [3.05, 3.63) is 0 Å². The Bertz CT molecular complexity index is 350. The summed E-state index contributed by atoms with van der Waals surface area (Å²) in [6.45, 7) is 10.8. The third kappa shape index (κ3) is 4.47. The SMILES string of the molecule is CCCC1NC(=O)C(CC)N(CCOC(C)(C)C)C1=O. The van der Waals surface area contributed by atoms with Crippen molar-refractivity contribution in [2.24, 2.45) is 0 Å². The molecule has 1 heterocycles. The number of hydrogen-bond donors (Lipinski definition) is 1. The van der Waals surface area contributed by atoms with Gasteiger partial charge in [0.1, 0.15) is 12.1 Å². The Labute approximate surface area is 122 Å². The van der Waals surface area contributed by atoms with E-state index in [4.69, 9.17) is 4.74 Å². The minimum absolute atomic E-state index is 0.0239. The molecule has 1 fully saturated rings. The zero-order chi connectivity index (χ0) is 15.3. The first-order chi connectivity index (χ1) is 9.30. The summed E-state index contributed by atoms with van der Waals surface area (Å²) in [6, 6.07) is -0.732. The third-order valence-corrected chi connectivity index (χ3v) is 3.41. The monoisotopic (exact) mass is 284 g/mol. The van der Waals surface area contributed by atoms with Gasteiger partial charge in [0.2, 0.25) is 11.8 Å². The van der Waals surface area contributed by atoms with Gasteiger partial charge in [0, 0.05) is 6.54 Å². The summed E-state index contributed by atoms with van der Waals surface area (Å²) in [4.78, 5) is 26.2. The normalized spacial score (nSPS) is 23.9. The van der Waals surface area contributed by atoms with E-state index in [0.717, 1.165) is 6.42 Å². The van der Waals surface area contributed by atoms with Crippen LogP contribution in [0.15, 0.2) is 0 Å². The van der Waals surface area contributed by atoms with E-state index in [0.29, 0.717) is 26.0 Å². The van der Waals surface area contributed by atoms with E-state index in [1.165, 1.54) is 0 Å². The quantitative estimate of drug-likeness (QED) is 0.808. The first kappa shape index (κ1) is 17.0. The minimum atomic E-state index is -0.370. The maximum atomic E-state index is 12.4. The molecule has 2 atom stereocenters. The van der Waals surface area contributed by atoms with Crippen LogP contribution in [-0.4, -0.2) is 47.6 Å². The molecule has 2 unspecified atom stereocenters. The number of rotatable bonds is 6. The topological polar surface area (TPSA) is 58.6 Å². The fraction of sp³-hybridized carbons (Fsp3) is 0.867. The molecular formula is C15H28N2O3. The van der Waals surface area contributed by atoms with E-state index in [1.54, 1.807) is 4.90 Å². The first-order valence-electron chi connectivity index (χ1n) is 7.55. The maximum absolute atomic E-state index is 12.4. The van der Waals surface area contributed by atoms with Crippen LogP contribution >= 0.6 is 0 Å². The molecule has 1 N–H and O–H groups in total. The molecule has 0 aliphatic carbocycles. The summed E-state index contributed by atoms with van der Waals surface area (Å²) in [5.41, 5.74) is -0.231. The van der Waals surface area contributed by atoms with Crippen molar-refractivity contribution in [1.29, 1.82) is 0 Å². The molecule has 2 amide bonds. The van der Waals surface area contributed by atoms with E-state index < -0.39 is 0 Å². The van der Waals surface area contributed by atoms with Gasteiger partial charge in [0.15, 0.2) is 0 Å². The van der Waals surface area contributed by atoms with Crippen LogP contribution in [-0.2, 0) is 14.3 Å². The lowest BCUT2D eigenvalue weighted by molar-refractivity contribution is -0.151. The fourth-order valence-corrected chi connectivity index (χ4v) is 2.43. The highest BCUT2D eigenvalue weighted by atomic mass is 16.5. The molecule has 0 aromatic heterocycles. The summed E-state index contributed by atoms with van der Waals surface area (Å²) in [7, 11) is 0. The van der Waals surface area contributed by atoms with Gasteiger partial charge in [-0.25, -0.2) is 0 Å². The van der Waals surface area contributed by atoms with Crippen LogP contribution in [0.3, 0.4) is 0 Å².